The fraction of sp³-hybridized carbons (Fsp3) is 0.280. The Kier molecular flexibility index (Phi) is 5.42. The van der Waals surface area contributed by atoms with Gasteiger partial charge in [0.1, 0.15) is 0 Å². The van der Waals surface area contributed by atoms with Crippen LogP contribution >= 0.6 is 0 Å². The van der Waals surface area contributed by atoms with Crippen LogP contribution in [0.4, 0.5) is 0 Å². The average molecular weight is 448 g/mol. The molecule has 8 nitrogen and oxygen atoms in total. The van der Waals surface area contributed by atoms with Crippen molar-refractivity contribution < 1.29 is 27.9 Å². The SMILES string of the molecule is COc1cccc2cc(C(=O)NCCN(C(=O)c3cc4cccc(OC)c4o3)C3CC3)oc12. The molecule has 1 fully saturated rings. The molecule has 5 rings (SSSR count). The van der Waals surface area contributed by atoms with Gasteiger partial charge in [-0.05, 0) is 37.1 Å². The summed E-state index contributed by atoms with van der Waals surface area (Å²) in [6, 6.07) is 14.6. The number of ether oxygens (including phenoxy) is 2. The number of hydrogen-bond donors (Lipinski definition) is 1. The molecule has 0 saturated heterocycles. The van der Waals surface area contributed by atoms with E-state index in [1.165, 1.54) is 0 Å². The summed E-state index contributed by atoms with van der Waals surface area (Å²) in [5.74, 6) is 1.07. The van der Waals surface area contributed by atoms with Crippen LogP contribution in [0.15, 0.2) is 57.4 Å². The molecule has 0 unspecified atom stereocenters. The monoisotopic (exact) mass is 448 g/mol. The van der Waals surface area contributed by atoms with Crippen LogP contribution in [-0.4, -0.2) is 50.1 Å². The molecular formula is C25H24N2O6. The van der Waals surface area contributed by atoms with Gasteiger partial charge >= 0.3 is 0 Å². The molecule has 1 aliphatic rings. The maximum absolute atomic E-state index is 13.2. The number of nitrogens with one attached hydrogen (secondary N) is 1. The van der Waals surface area contributed by atoms with Gasteiger partial charge in [-0.1, -0.05) is 24.3 Å². The van der Waals surface area contributed by atoms with Gasteiger partial charge in [0.2, 0.25) is 0 Å². The normalized spacial score (nSPS) is 13.3. The first-order valence-electron chi connectivity index (χ1n) is 10.8. The number of benzene rings is 2. The number of hydrogen-bond acceptors (Lipinski definition) is 6. The molecule has 1 N–H and O–H groups in total. The predicted molar refractivity (Wildman–Crippen MR) is 122 cm³/mol. The third-order valence-corrected chi connectivity index (χ3v) is 5.78. The number of rotatable bonds is 8. The molecule has 8 heteroatoms. The fourth-order valence-corrected chi connectivity index (χ4v) is 3.97. The van der Waals surface area contributed by atoms with E-state index in [4.69, 9.17) is 18.3 Å². The van der Waals surface area contributed by atoms with Gasteiger partial charge in [-0.15, -0.1) is 0 Å². The number of methoxy groups -OCH3 is 2. The van der Waals surface area contributed by atoms with Crippen LogP contribution in [0.25, 0.3) is 21.9 Å². The molecule has 2 aromatic heterocycles. The maximum Gasteiger partial charge on any atom is 0.289 e. The van der Waals surface area contributed by atoms with E-state index in [9.17, 15) is 9.59 Å². The minimum absolute atomic E-state index is 0.153. The molecule has 0 aliphatic heterocycles. The van der Waals surface area contributed by atoms with Crippen molar-refractivity contribution >= 4 is 33.8 Å². The van der Waals surface area contributed by atoms with Crippen LogP contribution in [0.5, 0.6) is 11.5 Å². The summed E-state index contributed by atoms with van der Waals surface area (Å²) in [6.07, 6.45) is 1.87. The molecule has 4 aromatic rings. The van der Waals surface area contributed by atoms with E-state index in [1.54, 1.807) is 43.4 Å². The predicted octanol–water partition coefficient (Wildman–Crippen LogP) is 4.23. The second kappa shape index (κ2) is 8.54. The lowest BCUT2D eigenvalue weighted by Gasteiger charge is -2.21. The highest BCUT2D eigenvalue weighted by Crippen LogP contribution is 2.32. The summed E-state index contributed by atoms with van der Waals surface area (Å²) in [4.78, 5) is 27.6. The first-order valence-corrected chi connectivity index (χ1v) is 10.8. The summed E-state index contributed by atoms with van der Waals surface area (Å²) in [6.45, 7) is 0.659. The molecular weight excluding hydrogens is 424 g/mol. The summed E-state index contributed by atoms with van der Waals surface area (Å²) in [5, 5.41) is 4.44. The molecule has 1 saturated carbocycles. The van der Waals surface area contributed by atoms with Gasteiger partial charge in [-0.3, -0.25) is 9.59 Å². The number of nitrogens with zero attached hydrogens (tertiary/aromatic N) is 1. The Hall–Kier alpha value is -3.94. The third kappa shape index (κ3) is 4.00. The van der Waals surface area contributed by atoms with Crippen LogP contribution in [0, 0.1) is 0 Å². The highest BCUT2D eigenvalue weighted by Gasteiger charge is 2.34. The first-order chi connectivity index (χ1) is 16.1. The minimum atomic E-state index is -0.343. The van der Waals surface area contributed by atoms with E-state index in [2.05, 4.69) is 5.32 Å². The Morgan fingerprint density at radius 2 is 1.52 bits per heavy atom. The van der Waals surface area contributed by atoms with Gasteiger partial charge in [-0.25, -0.2) is 0 Å². The maximum atomic E-state index is 13.2. The number of carbonyl (C=O) groups is 2. The van der Waals surface area contributed by atoms with Crippen molar-refractivity contribution in [2.75, 3.05) is 27.3 Å². The minimum Gasteiger partial charge on any atom is -0.493 e. The van der Waals surface area contributed by atoms with Gasteiger partial charge in [-0.2, -0.15) is 0 Å². The molecule has 2 aromatic carbocycles. The lowest BCUT2D eigenvalue weighted by molar-refractivity contribution is 0.0706. The smallest absolute Gasteiger partial charge is 0.289 e. The molecule has 33 heavy (non-hydrogen) atoms. The van der Waals surface area contributed by atoms with Crippen molar-refractivity contribution in [1.29, 1.82) is 0 Å². The second-order valence-corrected chi connectivity index (χ2v) is 7.96. The van der Waals surface area contributed by atoms with Crippen LogP contribution in [0.2, 0.25) is 0 Å². The molecule has 2 heterocycles. The number of furan rings is 2. The highest BCUT2D eigenvalue weighted by atomic mass is 16.5. The Bertz CT molecular complexity index is 1330. The lowest BCUT2D eigenvalue weighted by atomic mass is 10.2. The van der Waals surface area contributed by atoms with Crippen LogP contribution < -0.4 is 14.8 Å². The largest absolute Gasteiger partial charge is 0.493 e. The van der Waals surface area contributed by atoms with E-state index in [1.807, 2.05) is 24.3 Å². The van der Waals surface area contributed by atoms with Gasteiger partial charge in [0.05, 0.1) is 14.2 Å². The fourth-order valence-electron chi connectivity index (χ4n) is 3.97. The summed E-state index contributed by atoms with van der Waals surface area (Å²) >= 11 is 0. The Morgan fingerprint density at radius 1 is 0.939 bits per heavy atom. The van der Waals surface area contributed by atoms with Gasteiger partial charge in [0.25, 0.3) is 11.8 Å². The highest BCUT2D eigenvalue weighted by molar-refractivity contribution is 5.98. The molecule has 0 bridgehead atoms. The first kappa shape index (κ1) is 20.9. The summed E-state index contributed by atoms with van der Waals surface area (Å²) < 4.78 is 22.1. The van der Waals surface area contributed by atoms with Crippen LogP contribution in [0.1, 0.15) is 34.0 Å². The van der Waals surface area contributed by atoms with E-state index >= 15 is 0 Å². The van der Waals surface area contributed by atoms with Crippen molar-refractivity contribution in [3.63, 3.8) is 0 Å². The van der Waals surface area contributed by atoms with Crippen LogP contribution in [-0.2, 0) is 0 Å². The standard InChI is InChI=1S/C25H24N2O6/c1-30-18-7-3-5-15-13-20(32-22(15)18)24(28)26-11-12-27(17-9-10-17)25(29)21-14-16-6-4-8-19(31-2)23(16)33-21/h3-8,13-14,17H,9-12H2,1-2H3,(H,26,28). The molecule has 170 valence electrons. The van der Waals surface area contributed by atoms with E-state index in [-0.39, 0.29) is 29.4 Å². The van der Waals surface area contributed by atoms with E-state index in [0.29, 0.717) is 35.8 Å². The van der Waals surface area contributed by atoms with Crippen molar-refractivity contribution in [1.82, 2.24) is 10.2 Å². The molecule has 1 aliphatic carbocycles. The third-order valence-electron chi connectivity index (χ3n) is 5.78. The topological polar surface area (TPSA) is 94.2 Å². The van der Waals surface area contributed by atoms with Crippen molar-refractivity contribution in [2.24, 2.45) is 0 Å². The van der Waals surface area contributed by atoms with Gasteiger partial charge in [0, 0.05) is 29.9 Å². The zero-order valence-electron chi connectivity index (χ0n) is 18.4. The van der Waals surface area contributed by atoms with Crippen LogP contribution in [0.3, 0.4) is 0 Å². The molecule has 2 amide bonds. The molecule has 0 radical (unpaired) electrons. The Morgan fingerprint density at radius 3 is 2.09 bits per heavy atom. The molecule has 0 atom stereocenters. The number of carbonyl (C=O) groups excluding carboxylic acids is 2. The number of para-hydroxylation sites is 2. The number of amides is 2. The van der Waals surface area contributed by atoms with Gasteiger partial charge in [0.15, 0.2) is 34.2 Å². The summed E-state index contributed by atoms with van der Waals surface area (Å²) in [5.41, 5.74) is 1.08. The molecule has 0 spiro atoms. The van der Waals surface area contributed by atoms with Crippen molar-refractivity contribution in [3.8, 4) is 11.5 Å². The van der Waals surface area contributed by atoms with Gasteiger partial charge < -0.3 is 28.5 Å². The van der Waals surface area contributed by atoms with Crippen molar-refractivity contribution in [3.05, 3.63) is 60.1 Å². The van der Waals surface area contributed by atoms with E-state index in [0.717, 1.165) is 23.6 Å². The lowest BCUT2D eigenvalue weighted by Crippen LogP contribution is -2.39. The Balaban J connectivity index is 1.27. The Labute approximate surface area is 190 Å². The quantitative estimate of drug-likeness (QED) is 0.434. The van der Waals surface area contributed by atoms with E-state index < -0.39 is 0 Å². The average Bonchev–Trinajstić information content (AvgIpc) is 3.41. The van der Waals surface area contributed by atoms with Crippen molar-refractivity contribution in [2.45, 2.75) is 18.9 Å². The number of fused-ring (bicyclic) bond motifs is 2. The second-order valence-electron chi connectivity index (χ2n) is 7.96. The summed E-state index contributed by atoms with van der Waals surface area (Å²) in [7, 11) is 3.12. The zero-order chi connectivity index (χ0) is 22.9. The zero-order valence-corrected chi connectivity index (χ0v) is 18.4.